The molecule has 0 fully saturated rings. The van der Waals surface area contributed by atoms with Crippen LogP contribution in [0.2, 0.25) is 10.0 Å². The van der Waals surface area contributed by atoms with Crippen molar-refractivity contribution < 1.29 is 22.7 Å². The van der Waals surface area contributed by atoms with Gasteiger partial charge in [-0.25, -0.2) is 8.42 Å². The van der Waals surface area contributed by atoms with E-state index in [-0.39, 0.29) is 28.2 Å². The minimum atomic E-state index is -3.87. The van der Waals surface area contributed by atoms with E-state index in [9.17, 15) is 18.0 Å². The minimum absolute atomic E-state index is 0.0920. The Morgan fingerprint density at radius 3 is 2.39 bits per heavy atom. The van der Waals surface area contributed by atoms with Crippen LogP contribution in [0.15, 0.2) is 42.5 Å². The van der Waals surface area contributed by atoms with Gasteiger partial charge in [-0.1, -0.05) is 55.6 Å². The number of rotatable bonds is 13. The van der Waals surface area contributed by atoms with Gasteiger partial charge in [0, 0.05) is 13.1 Å². The van der Waals surface area contributed by atoms with Crippen LogP contribution in [0.1, 0.15) is 38.7 Å². The van der Waals surface area contributed by atoms with E-state index in [4.69, 9.17) is 27.9 Å². The summed E-state index contributed by atoms with van der Waals surface area (Å²) in [4.78, 5) is 28.1. The molecule has 0 saturated carbocycles. The van der Waals surface area contributed by atoms with Crippen molar-refractivity contribution in [2.75, 3.05) is 30.8 Å². The zero-order valence-electron chi connectivity index (χ0n) is 21.0. The first-order valence-corrected chi connectivity index (χ1v) is 14.2. The maximum Gasteiger partial charge on any atom is 0.244 e. The highest BCUT2D eigenvalue weighted by Gasteiger charge is 2.31. The molecular weight excluding hydrogens is 525 g/mol. The second kappa shape index (κ2) is 13.7. The van der Waals surface area contributed by atoms with E-state index >= 15 is 0 Å². The van der Waals surface area contributed by atoms with Crippen LogP contribution < -0.4 is 14.4 Å². The van der Waals surface area contributed by atoms with Gasteiger partial charge in [0.25, 0.3) is 0 Å². The number of ether oxygens (including phenoxy) is 1. The Morgan fingerprint density at radius 2 is 1.81 bits per heavy atom. The van der Waals surface area contributed by atoms with Crippen molar-refractivity contribution in [3.05, 3.63) is 58.1 Å². The lowest BCUT2D eigenvalue weighted by atomic mass is 10.1. The third kappa shape index (κ3) is 8.28. The van der Waals surface area contributed by atoms with Gasteiger partial charge < -0.3 is 15.0 Å². The molecule has 2 aromatic rings. The number of sulfonamides is 1. The lowest BCUT2D eigenvalue weighted by Gasteiger charge is -2.33. The van der Waals surface area contributed by atoms with Crippen LogP contribution in [-0.4, -0.2) is 57.6 Å². The molecular formula is C25H33Cl2N3O5S. The number of halogens is 2. The van der Waals surface area contributed by atoms with Crippen molar-refractivity contribution in [3.63, 3.8) is 0 Å². The van der Waals surface area contributed by atoms with Gasteiger partial charge in [0.15, 0.2) is 0 Å². The fraction of sp³-hybridized carbons (Fsp3) is 0.440. The summed E-state index contributed by atoms with van der Waals surface area (Å²) in [6, 6.07) is 10.7. The summed E-state index contributed by atoms with van der Waals surface area (Å²) in [6.07, 6.45) is 3.07. The summed E-state index contributed by atoms with van der Waals surface area (Å²) in [5.74, 6) is -0.219. The Morgan fingerprint density at radius 1 is 1.08 bits per heavy atom. The lowest BCUT2D eigenvalue weighted by Crippen LogP contribution is -2.52. The highest BCUT2D eigenvalue weighted by molar-refractivity contribution is 7.92. The highest BCUT2D eigenvalue weighted by atomic mass is 35.5. The molecule has 0 aliphatic carbocycles. The summed E-state index contributed by atoms with van der Waals surface area (Å²) in [7, 11) is -2.33. The maximum absolute atomic E-state index is 13.7. The Labute approximate surface area is 223 Å². The van der Waals surface area contributed by atoms with Gasteiger partial charge in [0.1, 0.15) is 18.3 Å². The Balaban J connectivity index is 2.44. The van der Waals surface area contributed by atoms with Gasteiger partial charge in [-0.2, -0.15) is 0 Å². The number of amides is 2. The van der Waals surface area contributed by atoms with Crippen LogP contribution in [0.3, 0.4) is 0 Å². The minimum Gasteiger partial charge on any atom is -0.497 e. The molecule has 36 heavy (non-hydrogen) atoms. The molecule has 0 spiro atoms. The predicted molar refractivity (Wildman–Crippen MR) is 144 cm³/mol. The standard InChI is InChI=1S/C25H33Cl2N3O5S/c1-5-7-13-28-25(32)23(6-2)29(16-18-9-8-10-20(14-18)35-3)24(31)17-30(36(4,33)34)19-11-12-21(26)22(27)15-19/h8-12,14-15,23H,5-7,13,16-17H2,1-4H3,(H,28,32)/t23-/m1/s1. The smallest absolute Gasteiger partial charge is 0.244 e. The van der Waals surface area contributed by atoms with Gasteiger partial charge >= 0.3 is 0 Å². The number of methoxy groups -OCH3 is 1. The molecule has 0 aromatic heterocycles. The molecule has 2 rings (SSSR count). The van der Waals surface area contributed by atoms with Crippen LogP contribution in [0.5, 0.6) is 5.75 Å². The largest absolute Gasteiger partial charge is 0.497 e. The number of hydrogen-bond donors (Lipinski definition) is 1. The molecule has 0 saturated heterocycles. The van der Waals surface area contributed by atoms with Crippen LogP contribution in [0, 0.1) is 0 Å². The number of hydrogen-bond acceptors (Lipinski definition) is 5. The molecule has 198 valence electrons. The van der Waals surface area contributed by atoms with Gasteiger partial charge in [0.05, 0.1) is 29.1 Å². The molecule has 1 N–H and O–H groups in total. The summed E-state index contributed by atoms with van der Waals surface area (Å²) in [5, 5.41) is 3.30. The first kappa shape index (κ1) is 29.7. The molecule has 0 heterocycles. The number of anilines is 1. The number of nitrogens with one attached hydrogen (secondary N) is 1. The molecule has 0 radical (unpaired) electrons. The monoisotopic (exact) mass is 557 g/mol. The molecule has 0 unspecified atom stereocenters. The molecule has 2 amide bonds. The maximum atomic E-state index is 13.7. The molecule has 8 nitrogen and oxygen atoms in total. The van der Waals surface area contributed by atoms with Gasteiger partial charge in [-0.05, 0) is 48.7 Å². The fourth-order valence-corrected chi connectivity index (χ4v) is 4.78. The lowest BCUT2D eigenvalue weighted by molar-refractivity contribution is -0.140. The van der Waals surface area contributed by atoms with Crippen molar-refractivity contribution in [1.82, 2.24) is 10.2 Å². The third-order valence-corrected chi connectivity index (χ3v) is 7.45. The normalized spacial score (nSPS) is 12.1. The number of benzene rings is 2. The van der Waals surface area contributed by atoms with E-state index in [1.807, 2.05) is 19.9 Å². The van der Waals surface area contributed by atoms with Gasteiger partial charge in [-0.3, -0.25) is 13.9 Å². The molecule has 11 heteroatoms. The summed E-state index contributed by atoms with van der Waals surface area (Å²) in [6.45, 7) is 3.90. The number of carbonyl (C=O) groups excluding carboxylic acids is 2. The third-order valence-electron chi connectivity index (χ3n) is 5.57. The van der Waals surface area contributed by atoms with Crippen LogP contribution in [0.25, 0.3) is 0 Å². The highest BCUT2D eigenvalue weighted by Crippen LogP contribution is 2.29. The number of nitrogens with zero attached hydrogens (tertiary/aromatic N) is 2. The zero-order valence-corrected chi connectivity index (χ0v) is 23.3. The Hall–Kier alpha value is -2.49. The molecule has 0 aliphatic rings. The molecule has 0 bridgehead atoms. The van der Waals surface area contributed by atoms with E-state index in [2.05, 4.69) is 5.32 Å². The number of carbonyl (C=O) groups is 2. The van der Waals surface area contributed by atoms with E-state index in [1.165, 1.54) is 23.1 Å². The van der Waals surface area contributed by atoms with E-state index in [0.717, 1.165) is 29.0 Å². The van der Waals surface area contributed by atoms with Gasteiger partial charge in [0.2, 0.25) is 21.8 Å². The second-order valence-corrected chi connectivity index (χ2v) is 11.0. The average molecular weight is 559 g/mol. The van der Waals surface area contributed by atoms with Crippen molar-refractivity contribution in [2.45, 2.75) is 45.7 Å². The first-order valence-electron chi connectivity index (χ1n) is 11.6. The van der Waals surface area contributed by atoms with E-state index in [0.29, 0.717) is 18.7 Å². The Bertz CT molecular complexity index is 1160. The molecule has 0 aliphatic heterocycles. The zero-order chi connectivity index (χ0) is 26.9. The summed E-state index contributed by atoms with van der Waals surface area (Å²) in [5.41, 5.74) is 0.935. The second-order valence-electron chi connectivity index (χ2n) is 8.31. The van der Waals surface area contributed by atoms with Crippen molar-refractivity contribution >= 4 is 50.7 Å². The van der Waals surface area contributed by atoms with Gasteiger partial charge in [-0.15, -0.1) is 0 Å². The SMILES string of the molecule is CCCCNC(=O)[C@@H](CC)N(Cc1cccc(OC)c1)C(=O)CN(c1ccc(Cl)c(Cl)c1)S(C)(=O)=O. The van der Waals surface area contributed by atoms with Crippen molar-refractivity contribution in [3.8, 4) is 5.75 Å². The van der Waals surface area contributed by atoms with Crippen molar-refractivity contribution in [2.24, 2.45) is 0 Å². The molecule has 1 atom stereocenters. The Kier molecular flexibility index (Phi) is 11.3. The predicted octanol–water partition coefficient (Wildman–Crippen LogP) is 4.49. The summed E-state index contributed by atoms with van der Waals surface area (Å²) >= 11 is 12.1. The average Bonchev–Trinajstić information content (AvgIpc) is 2.83. The quantitative estimate of drug-likeness (QED) is 0.366. The first-order chi connectivity index (χ1) is 17.0. The fourth-order valence-electron chi connectivity index (χ4n) is 3.65. The van der Waals surface area contributed by atoms with Crippen LogP contribution >= 0.6 is 23.2 Å². The van der Waals surface area contributed by atoms with Crippen LogP contribution in [-0.2, 0) is 26.2 Å². The summed E-state index contributed by atoms with van der Waals surface area (Å²) < 4.78 is 31.6. The van der Waals surface area contributed by atoms with E-state index in [1.54, 1.807) is 25.3 Å². The van der Waals surface area contributed by atoms with Crippen molar-refractivity contribution in [1.29, 1.82) is 0 Å². The topological polar surface area (TPSA) is 96.0 Å². The molecule has 2 aromatic carbocycles. The van der Waals surface area contributed by atoms with Crippen LogP contribution in [0.4, 0.5) is 5.69 Å². The number of unbranched alkanes of at least 4 members (excludes halogenated alkanes) is 1. The van der Waals surface area contributed by atoms with E-state index < -0.39 is 28.5 Å².